The van der Waals surface area contributed by atoms with Gasteiger partial charge in [0.2, 0.25) is 0 Å². The summed E-state index contributed by atoms with van der Waals surface area (Å²) in [6.45, 7) is 22.5. The number of nitrogens with zero attached hydrogens (tertiary/aromatic N) is 1. The van der Waals surface area contributed by atoms with Crippen molar-refractivity contribution < 1.29 is 0 Å². The van der Waals surface area contributed by atoms with Gasteiger partial charge in [-0.3, -0.25) is 0 Å². The van der Waals surface area contributed by atoms with E-state index in [2.05, 4.69) is 236 Å². The van der Waals surface area contributed by atoms with Crippen molar-refractivity contribution in [2.24, 2.45) is 0 Å². The first-order valence-electron chi connectivity index (χ1n) is 22.7. The Hall–Kier alpha value is -7.22. The Morgan fingerprint density at radius 1 is 0.359 bits per heavy atom. The molecule has 3 aliphatic carbocycles. The number of allylic oxidation sites excluding steroid dienone is 4. The minimum absolute atomic E-state index is 0.0403. The van der Waals surface area contributed by atoms with Gasteiger partial charge in [0.1, 0.15) is 0 Å². The normalized spacial score (nSPS) is 15.5. The lowest BCUT2D eigenvalue weighted by molar-refractivity contribution is 0.654. The van der Waals surface area contributed by atoms with E-state index >= 15 is 0 Å². The zero-order valence-corrected chi connectivity index (χ0v) is 37.8. The molecule has 3 aliphatic rings. The average Bonchev–Trinajstić information content (AvgIpc) is 3.81. The van der Waals surface area contributed by atoms with Crippen LogP contribution in [0.1, 0.15) is 74.9 Å². The van der Waals surface area contributed by atoms with Crippen molar-refractivity contribution in [2.45, 2.75) is 57.8 Å². The number of fused-ring (bicyclic) bond motifs is 7. The second kappa shape index (κ2) is 14.4. The van der Waals surface area contributed by atoms with Crippen molar-refractivity contribution in [3.05, 3.63) is 240 Å². The van der Waals surface area contributed by atoms with Gasteiger partial charge in [-0.2, -0.15) is 0 Å². The van der Waals surface area contributed by atoms with Crippen molar-refractivity contribution in [3.8, 4) is 55.6 Å². The second-order valence-electron chi connectivity index (χ2n) is 19.4. The van der Waals surface area contributed by atoms with Crippen molar-refractivity contribution in [1.82, 2.24) is 0 Å². The summed E-state index contributed by atoms with van der Waals surface area (Å²) < 4.78 is 0. The first-order valence-corrected chi connectivity index (χ1v) is 22.7. The number of benzene rings is 8. The largest absolute Gasteiger partial charge is 0.310 e. The molecule has 0 bridgehead atoms. The lowest BCUT2D eigenvalue weighted by Crippen LogP contribution is -2.17. The molecule has 0 atom stereocenters. The monoisotopic (exact) mass is 823 g/mol. The van der Waals surface area contributed by atoms with Gasteiger partial charge in [0.15, 0.2) is 0 Å². The summed E-state index contributed by atoms with van der Waals surface area (Å²) in [5, 5.41) is 0. The minimum Gasteiger partial charge on any atom is -0.310 e. The fraction of sp³-hybridized carbons (Fsp3) is 0.143. The average molecular weight is 824 g/mol. The Kier molecular flexibility index (Phi) is 8.92. The highest BCUT2D eigenvalue weighted by Crippen LogP contribution is 2.56. The highest BCUT2D eigenvalue weighted by atomic mass is 15.1. The molecule has 0 unspecified atom stereocenters. The SMILES string of the molecule is C=CC1=C(C=C)C(C)(C)c2cc(N(c3ccc(-c4cccc5c4-c4ccc(-c6cccc7c6-c6ccccc6C7(C)C)cc4C5(C)C)cc3)c3ccccc3-c3ccccc3)ccc21. The molecule has 11 rings (SSSR count). The van der Waals surface area contributed by atoms with E-state index in [1.165, 1.54) is 94.6 Å². The molecule has 1 nitrogen and oxygen atoms in total. The summed E-state index contributed by atoms with van der Waals surface area (Å²) in [6.07, 6.45) is 3.99. The van der Waals surface area contributed by atoms with Gasteiger partial charge in [0.05, 0.1) is 5.69 Å². The highest BCUT2D eigenvalue weighted by Gasteiger charge is 2.40. The first-order chi connectivity index (χ1) is 30.9. The molecule has 0 spiro atoms. The van der Waals surface area contributed by atoms with Crippen LogP contribution < -0.4 is 4.90 Å². The van der Waals surface area contributed by atoms with Gasteiger partial charge in [-0.05, 0) is 131 Å². The van der Waals surface area contributed by atoms with E-state index in [4.69, 9.17) is 0 Å². The van der Waals surface area contributed by atoms with Crippen LogP contribution in [0, 0.1) is 0 Å². The molecule has 0 saturated heterocycles. The highest BCUT2D eigenvalue weighted by molar-refractivity contribution is 5.98. The molecule has 0 aliphatic heterocycles. The molecule has 0 fully saturated rings. The fourth-order valence-corrected chi connectivity index (χ4v) is 11.6. The molecule has 8 aromatic rings. The molecular weight excluding hydrogens is 771 g/mol. The summed E-state index contributed by atoms with van der Waals surface area (Å²) >= 11 is 0. The maximum Gasteiger partial charge on any atom is 0.0540 e. The predicted molar refractivity (Wildman–Crippen MR) is 273 cm³/mol. The molecule has 0 saturated carbocycles. The lowest BCUT2D eigenvalue weighted by Gasteiger charge is -2.30. The van der Waals surface area contributed by atoms with Crippen LogP contribution >= 0.6 is 0 Å². The maximum absolute atomic E-state index is 4.22. The molecule has 8 aromatic carbocycles. The quantitative estimate of drug-likeness (QED) is 0.148. The molecular formula is C63H53N. The zero-order chi connectivity index (χ0) is 44.1. The van der Waals surface area contributed by atoms with Gasteiger partial charge in [-0.25, -0.2) is 0 Å². The Balaban J connectivity index is 1.02. The van der Waals surface area contributed by atoms with Gasteiger partial charge in [-0.1, -0.05) is 206 Å². The number of anilines is 3. The van der Waals surface area contributed by atoms with Gasteiger partial charge in [-0.15, -0.1) is 0 Å². The molecule has 0 N–H and O–H groups in total. The van der Waals surface area contributed by atoms with Crippen molar-refractivity contribution >= 4 is 22.6 Å². The zero-order valence-electron chi connectivity index (χ0n) is 37.8. The van der Waals surface area contributed by atoms with Crippen LogP contribution in [0.25, 0.3) is 61.2 Å². The van der Waals surface area contributed by atoms with Crippen LogP contribution in [0.2, 0.25) is 0 Å². The Bertz CT molecular complexity index is 3260. The summed E-state index contributed by atoms with van der Waals surface area (Å²) in [7, 11) is 0. The Labute approximate surface area is 379 Å². The van der Waals surface area contributed by atoms with E-state index in [1.54, 1.807) is 0 Å². The van der Waals surface area contributed by atoms with E-state index < -0.39 is 0 Å². The smallest absolute Gasteiger partial charge is 0.0540 e. The topological polar surface area (TPSA) is 3.24 Å². The number of hydrogen-bond donors (Lipinski definition) is 0. The maximum atomic E-state index is 4.22. The van der Waals surface area contributed by atoms with Crippen LogP contribution in [-0.2, 0) is 16.2 Å². The summed E-state index contributed by atoms with van der Waals surface area (Å²) in [5.74, 6) is 0. The van der Waals surface area contributed by atoms with Crippen LogP contribution in [0.3, 0.4) is 0 Å². The second-order valence-corrected chi connectivity index (χ2v) is 19.4. The number of hydrogen-bond acceptors (Lipinski definition) is 1. The van der Waals surface area contributed by atoms with Gasteiger partial charge >= 0.3 is 0 Å². The Morgan fingerprint density at radius 3 is 1.55 bits per heavy atom. The molecule has 1 heteroatoms. The van der Waals surface area contributed by atoms with E-state index in [1.807, 2.05) is 12.2 Å². The Morgan fingerprint density at radius 2 is 0.859 bits per heavy atom. The lowest BCUT2D eigenvalue weighted by atomic mass is 9.80. The minimum atomic E-state index is -0.215. The summed E-state index contributed by atoms with van der Waals surface area (Å²) in [6, 6.07) is 65.7. The number of rotatable bonds is 8. The molecule has 0 aromatic heterocycles. The molecule has 0 amide bonds. The van der Waals surface area contributed by atoms with Gasteiger partial charge in [0, 0.05) is 33.2 Å². The van der Waals surface area contributed by atoms with Crippen molar-refractivity contribution in [2.75, 3.05) is 4.90 Å². The van der Waals surface area contributed by atoms with Crippen molar-refractivity contribution in [1.29, 1.82) is 0 Å². The predicted octanol–water partition coefficient (Wildman–Crippen LogP) is 17.2. The van der Waals surface area contributed by atoms with Gasteiger partial charge < -0.3 is 4.90 Å². The van der Waals surface area contributed by atoms with E-state index in [0.29, 0.717) is 0 Å². The van der Waals surface area contributed by atoms with E-state index in [-0.39, 0.29) is 16.2 Å². The molecule has 310 valence electrons. The van der Waals surface area contributed by atoms with Crippen LogP contribution in [0.5, 0.6) is 0 Å². The number of para-hydroxylation sites is 1. The molecule has 0 radical (unpaired) electrons. The first kappa shape index (κ1) is 39.6. The third-order valence-electron chi connectivity index (χ3n) is 14.9. The van der Waals surface area contributed by atoms with Crippen LogP contribution in [0.4, 0.5) is 17.1 Å². The fourth-order valence-electron chi connectivity index (χ4n) is 11.6. The standard InChI is InChI=1S/C63H53N/c1-9-45-49-37-35-44(39-57(49)61(3,4)52(45)10-2)64(58-29-17-15-22-46(58)40-20-12-11-13-21-40)43-33-30-41(31-34-43)47-24-18-28-55-59(47)51-36-32-42(38-56(51)63(55,7)8)48-25-19-27-54-60(48)50-23-14-16-26-53(50)62(54,5)6/h9-39H,1-2H2,3-8H3. The molecule has 0 heterocycles. The van der Waals surface area contributed by atoms with Crippen LogP contribution in [0.15, 0.2) is 207 Å². The molecule has 64 heavy (non-hydrogen) atoms. The van der Waals surface area contributed by atoms with E-state index in [9.17, 15) is 0 Å². The van der Waals surface area contributed by atoms with E-state index in [0.717, 1.165) is 22.6 Å². The summed E-state index contributed by atoms with van der Waals surface area (Å²) in [4.78, 5) is 2.43. The third kappa shape index (κ3) is 5.70. The third-order valence-corrected chi connectivity index (χ3v) is 14.9. The summed E-state index contributed by atoms with van der Waals surface area (Å²) in [5.41, 5.74) is 26.1. The van der Waals surface area contributed by atoms with Gasteiger partial charge in [0.25, 0.3) is 0 Å². The van der Waals surface area contributed by atoms with Crippen LogP contribution in [-0.4, -0.2) is 0 Å². The van der Waals surface area contributed by atoms with Crippen molar-refractivity contribution in [3.63, 3.8) is 0 Å².